The van der Waals surface area contributed by atoms with Gasteiger partial charge in [-0.05, 0) is 30.3 Å². The molecule has 6 heteroatoms. The molecule has 0 unspecified atom stereocenters. The van der Waals surface area contributed by atoms with Gasteiger partial charge in [0.15, 0.2) is 0 Å². The average molecular weight is 276 g/mol. The molecule has 19 heavy (non-hydrogen) atoms. The number of carbonyl (C=O) groups is 1. The lowest BCUT2D eigenvalue weighted by atomic mass is 10.3. The first-order valence-electron chi connectivity index (χ1n) is 5.45. The molecule has 0 fully saturated rings. The molecule has 0 aliphatic carbocycles. The fraction of sp³-hybridized carbons (Fsp3) is 0. The van der Waals surface area contributed by atoms with Crippen molar-refractivity contribution in [3.05, 3.63) is 48.5 Å². The van der Waals surface area contributed by atoms with Crippen LogP contribution in [0.15, 0.2) is 58.3 Å². The number of hydrogen-bond donors (Lipinski definition) is 2. The quantitative estimate of drug-likeness (QED) is 0.656. The maximum absolute atomic E-state index is 12.3. The van der Waals surface area contributed by atoms with E-state index in [9.17, 15) is 13.2 Å². The molecule has 0 saturated carbocycles. The third-order valence-corrected chi connectivity index (χ3v) is 4.37. The van der Waals surface area contributed by atoms with Gasteiger partial charge in [0.05, 0.1) is 21.2 Å². The van der Waals surface area contributed by atoms with E-state index in [1.807, 2.05) is 0 Å². The van der Waals surface area contributed by atoms with E-state index < -0.39 is 9.84 Å². The highest BCUT2D eigenvalue weighted by Crippen LogP contribution is 2.26. The molecule has 98 valence electrons. The zero-order valence-electron chi connectivity index (χ0n) is 9.91. The van der Waals surface area contributed by atoms with Crippen molar-refractivity contribution in [3.8, 4) is 0 Å². The number of hydrogen-bond acceptors (Lipinski definition) is 4. The third-order valence-electron chi connectivity index (χ3n) is 2.60. The Kier molecular flexibility index (Phi) is 3.52. The van der Waals surface area contributed by atoms with Crippen LogP contribution in [0.3, 0.4) is 0 Å². The number of sulfone groups is 1. The molecular weight excluding hydrogens is 264 g/mol. The molecule has 5 nitrogen and oxygen atoms in total. The molecule has 0 saturated heterocycles. The fourth-order valence-electron chi connectivity index (χ4n) is 1.64. The minimum absolute atomic E-state index is 0.0904. The van der Waals surface area contributed by atoms with Gasteiger partial charge in [0, 0.05) is 0 Å². The standard InChI is InChI=1S/C13H12N2O3S/c14-12-8-11(6-7-13(12)15-9-16)19(17,18)10-4-2-1-3-5-10/h1-9H,14H2,(H,15,16). The smallest absolute Gasteiger partial charge is 0.211 e. The molecule has 0 radical (unpaired) electrons. The summed E-state index contributed by atoms with van der Waals surface area (Å²) < 4.78 is 24.6. The van der Waals surface area contributed by atoms with Gasteiger partial charge in [-0.3, -0.25) is 4.79 Å². The largest absolute Gasteiger partial charge is 0.397 e. The predicted octanol–water partition coefficient (Wildman–Crippen LogP) is 1.67. The number of benzene rings is 2. The van der Waals surface area contributed by atoms with E-state index in [1.54, 1.807) is 18.2 Å². The van der Waals surface area contributed by atoms with Crippen LogP contribution >= 0.6 is 0 Å². The van der Waals surface area contributed by atoms with Gasteiger partial charge in [-0.25, -0.2) is 8.42 Å². The zero-order valence-corrected chi connectivity index (χ0v) is 10.7. The highest BCUT2D eigenvalue weighted by molar-refractivity contribution is 7.91. The zero-order chi connectivity index (χ0) is 13.9. The van der Waals surface area contributed by atoms with Crippen LogP contribution < -0.4 is 11.1 Å². The van der Waals surface area contributed by atoms with Gasteiger partial charge in [0.2, 0.25) is 16.2 Å². The number of amides is 1. The fourth-order valence-corrected chi connectivity index (χ4v) is 2.96. The summed E-state index contributed by atoms with van der Waals surface area (Å²) in [6.45, 7) is 0. The Balaban J connectivity index is 2.48. The van der Waals surface area contributed by atoms with E-state index in [4.69, 9.17) is 5.73 Å². The number of rotatable bonds is 4. The summed E-state index contributed by atoms with van der Waals surface area (Å²) in [5, 5.41) is 2.39. The summed E-state index contributed by atoms with van der Waals surface area (Å²) in [7, 11) is -3.59. The highest BCUT2D eigenvalue weighted by Gasteiger charge is 2.18. The van der Waals surface area contributed by atoms with E-state index in [2.05, 4.69) is 5.32 Å². The summed E-state index contributed by atoms with van der Waals surface area (Å²) >= 11 is 0. The summed E-state index contributed by atoms with van der Waals surface area (Å²) in [4.78, 5) is 10.6. The van der Waals surface area contributed by atoms with Crippen LogP contribution in [0.25, 0.3) is 0 Å². The van der Waals surface area contributed by atoms with Gasteiger partial charge < -0.3 is 11.1 Å². The Bertz CT molecular complexity index is 697. The van der Waals surface area contributed by atoms with Crippen LogP contribution in [0, 0.1) is 0 Å². The normalized spacial score (nSPS) is 10.9. The average Bonchev–Trinajstić information content (AvgIpc) is 2.42. The molecule has 1 amide bonds. The molecule has 0 aliphatic heterocycles. The molecule has 0 heterocycles. The molecular formula is C13H12N2O3S. The van der Waals surface area contributed by atoms with Crippen molar-refractivity contribution >= 4 is 27.6 Å². The number of nitrogens with one attached hydrogen (secondary N) is 1. The van der Waals surface area contributed by atoms with E-state index in [1.165, 1.54) is 30.3 Å². The SMILES string of the molecule is Nc1cc(S(=O)(=O)c2ccccc2)ccc1NC=O. The molecule has 2 rings (SSSR count). The highest BCUT2D eigenvalue weighted by atomic mass is 32.2. The first kappa shape index (κ1) is 13.1. The van der Waals surface area contributed by atoms with Gasteiger partial charge >= 0.3 is 0 Å². The molecule has 3 N–H and O–H groups in total. The molecule has 0 atom stereocenters. The van der Waals surface area contributed by atoms with Crippen LogP contribution in [-0.2, 0) is 14.6 Å². The molecule has 2 aromatic carbocycles. The van der Waals surface area contributed by atoms with Crippen molar-refractivity contribution in [3.63, 3.8) is 0 Å². The van der Waals surface area contributed by atoms with Gasteiger partial charge in [-0.1, -0.05) is 18.2 Å². The Morgan fingerprint density at radius 2 is 1.68 bits per heavy atom. The number of nitrogen functional groups attached to an aromatic ring is 1. The van der Waals surface area contributed by atoms with Crippen LogP contribution in [-0.4, -0.2) is 14.8 Å². The topological polar surface area (TPSA) is 89.3 Å². The molecule has 2 aromatic rings. The Morgan fingerprint density at radius 1 is 1.00 bits per heavy atom. The van der Waals surface area contributed by atoms with Crippen LogP contribution in [0.5, 0.6) is 0 Å². The summed E-state index contributed by atoms with van der Waals surface area (Å²) in [6.07, 6.45) is 0.483. The van der Waals surface area contributed by atoms with Crippen LogP contribution in [0.4, 0.5) is 11.4 Å². The number of nitrogens with two attached hydrogens (primary N) is 1. The summed E-state index contributed by atoms with van der Waals surface area (Å²) in [5.41, 5.74) is 6.27. The number of carbonyl (C=O) groups excluding carboxylic acids is 1. The van der Waals surface area contributed by atoms with E-state index >= 15 is 0 Å². The monoisotopic (exact) mass is 276 g/mol. The van der Waals surface area contributed by atoms with E-state index in [0.29, 0.717) is 12.1 Å². The van der Waals surface area contributed by atoms with Crippen LogP contribution in [0.2, 0.25) is 0 Å². The first-order valence-corrected chi connectivity index (χ1v) is 6.94. The van der Waals surface area contributed by atoms with Crippen molar-refractivity contribution in [2.75, 3.05) is 11.1 Å². The van der Waals surface area contributed by atoms with Crippen molar-refractivity contribution < 1.29 is 13.2 Å². The van der Waals surface area contributed by atoms with Crippen molar-refractivity contribution in [2.45, 2.75) is 9.79 Å². The third kappa shape index (κ3) is 2.58. The summed E-state index contributed by atoms with van der Waals surface area (Å²) in [5.74, 6) is 0. The van der Waals surface area contributed by atoms with Gasteiger partial charge in [0.25, 0.3) is 0 Å². The van der Waals surface area contributed by atoms with E-state index in [0.717, 1.165) is 0 Å². The van der Waals surface area contributed by atoms with Crippen molar-refractivity contribution in [2.24, 2.45) is 0 Å². The van der Waals surface area contributed by atoms with Gasteiger partial charge in [-0.2, -0.15) is 0 Å². The lowest BCUT2D eigenvalue weighted by Crippen LogP contribution is -2.05. The molecule has 0 spiro atoms. The lowest BCUT2D eigenvalue weighted by molar-refractivity contribution is -0.105. The maximum Gasteiger partial charge on any atom is 0.211 e. The Labute approximate surface area is 111 Å². The Hall–Kier alpha value is -2.34. The minimum atomic E-state index is -3.59. The van der Waals surface area contributed by atoms with Gasteiger partial charge in [-0.15, -0.1) is 0 Å². The van der Waals surface area contributed by atoms with Gasteiger partial charge in [0.1, 0.15) is 0 Å². The van der Waals surface area contributed by atoms with Crippen molar-refractivity contribution in [1.82, 2.24) is 0 Å². The molecule has 0 aromatic heterocycles. The second-order valence-electron chi connectivity index (χ2n) is 3.83. The minimum Gasteiger partial charge on any atom is -0.397 e. The predicted molar refractivity (Wildman–Crippen MR) is 72.4 cm³/mol. The molecule has 0 aliphatic rings. The second kappa shape index (κ2) is 5.11. The summed E-state index contributed by atoms with van der Waals surface area (Å²) in [6, 6.07) is 12.3. The lowest BCUT2D eigenvalue weighted by Gasteiger charge is -2.08. The second-order valence-corrected chi connectivity index (χ2v) is 5.78. The number of anilines is 2. The maximum atomic E-state index is 12.3. The molecule has 0 bridgehead atoms. The van der Waals surface area contributed by atoms with Crippen molar-refractivity contribution in [1.29, 1.82) is 0 Å². The van der Waals surface area contributed by atoms with E-state index in [-0.39, 0.29) is 15.5 Å². The first-order chi connectivity index (χ1) is 9.05. The Morgan fingerprint density at radius 3 is 2.26 bits per heavy atom. The van der Waals surface area contributed by atoms with Crippen LogP contribution in [0.1, 0.15) is 0 Å².